The van der Waals surface area contributed by atoms with Gasteiger partial charge >= 0.3 is 0 Å². The first kappa shape index (κ1) is 14.7. The van der Waals surface area contributed by atoms with Crippen LogP contribution in [0, 0.1) is 6.92 Å². The van der Waals surface area contributed by atoms with Gasteiger partial charge in [-0.15, -0.1) is 0 Å². The highest BCUT2D eigenvalue weighted by atomic mass is 35.5. The predicted octanol–water partition coefficient (Wildman–Crippen LogP) is 5.22. The third-order valence-electron chi connectivity index (χ3n) is 3.44. The van der Waals surface area contributed by atoms with Crippen LogP contribution in [0.1, 0.15) is 30.5 Å². The molecule has 0 aliphatic carbocycles. The van der Waals surface area contributed by atoms with Crippen LogP contribution in [0.15, 0.2) is 42.5 Å². The summed E-state index contributed by atoms with van der Waals surface area (Å²) < 4.78 is 5.44. The largest absolute Gasteiger partial charge is 0.496 e. The maximum absolute atomic E-state index is 6.18. The molecule has 3 heteroatoms. The highest BCUT2D eigenvalue weighted by molar-refractivity contribution is 6.31. The zero-order chi connectivity index (χ0) is 14.5. The van der Waals surface area contributed by atoms with E-state index in [4.69, 9.17) is 16.3 Å². The van der Waals surface area contributed by atoms with Crippen LogP contribution < -0.4 is 10.1 Å². The molecule has 20 heavy (non-hydrogen) atoms. The molecule has 0 amide bonds. The standard InChI is InChI=1S/C17H20ClNO/c1-4-16(14-7-5-6-8-17(14)20-3)19-13-10-9-12(2)15(18)11-13/h5-11,16,19H,4H2,1-3H3. The lowest BCUT2D eigenvalue weighted by atomic mass is 10.0. The number of nitrogens with one attached hydrogen (secondary N) is 1. The summed E-state index contributed by atoms with van der Waals surface area (Å²) >= 11 is 6.18. The molecule has 0 aliphatic heterocycles. The van der Waals surface area contributed by atoms with Crippen molar-refractivity contribution >= 4 is 17.3 Å². The fourth-order valence-corrected chi connectivity index (χ4v) is 2.42. The molecular formula is C17H20ClNO. The first-order chi connectivity index (χ1) is 9.65. The molecule has 0 spiro atoms. The first-order valence-electron chi connectivity index (χ1n) is 6.81. The Morgan fingerprint density at radius 1 is 1.20 bits per heavy atom. The van der Waals surface area contributed by atoms with Crippen LogP contribution in [0.5, 0.6) is 5.75 Å². The fraction of sp³-hybridized carbons (Fsp3) is 0.294. The fourth-order valence-electron chi connectivity index (χ4n) is 2.24. The van der Waals surface area contributed by atoms with Crippen LogP contribution in [-0.4, -0.2) is 7.11 Å². The summed E-state index contributed by atoms with van der Waals surface area (Å²) in [5.41, 5.74) is 3.27. The Kier molecular flexibility index (Phi) is 4.91. The van der Waals surface area contributed by atoms with E-state index in [1.54, 1.807) is 7.11 Å². The Balaban J connectivity index is 2.26. The molecule has 2 aromatic rings. The number of benzene rings is 2. The minimum absolute atomic E-state index is 0.199. The maximum Gasteiger partial charge on any atom is 0.124 e. The van der Waals surface area contributed by atoms with Gasteiger partial charge in [-0.25, -0.2) is 0 Å². The van der Waals surface area contributed by atoms with Gasteiger partial charge in [0.1, 0.15) is 5.75 Å². The molecule has 0 aliphatic rings. The average molecular weight is 290 g/mol. The van der Waals surface area contributed by atoms with Gasteiger partial charge in [-0.05, 0) is 37.1 Å². The van der Waals surface area contributed by atoms with E-state index in [2.05, 4.69) is 24.4 Å². The quantitative estimate of drug-likeness (QED) is 0.815. The summed E-state index contributed by atoms with van der Waals surface area (Å²) in [7, 11) is 1.70. The smallest absolute Gasteiger partial charge is 0.124 e. The monoisotopic (exact) mass is 289 g/mol. The van der Waals surface area contributed by atoms with Crippen molar-refractivity contribution < 1.29 is 4.74 Å². The Morgan fingerprint density at radius 3 is 2.60 bits per heavy atom. The number of aryl methyl sites for hydroxylation is 1. The van der Waals surface area contributed by atoms with E-state index >= 15 is 0 Å². The summed E-state index contributed by atoms with van der Waals surface area (Å²) in [6.45, 7) is 4.16. The molecule has 2 rings (SSSR count). The molecule has 1 unspecified atom stereocenters. The number of para-hydroxylation sites is 1. The van der Waals surface area contributed by atoms with Crippen molar-refractivity contribution in [2.75, 3.05) is 12.4 Å². The topological polar surface area (TPSA) is 21.3 Å². The van der Waals surface area contributed by atoms with Crippen LogP contribution in [0.2, 0.25) is 5.02 Å². The predicted molar refractivity (Wildman–Crippen MR) is 85.8 cm³/mol. The number of hydrogen-bond acceptors (Lipinski definition) is 2. The SMILES string of the molecule is CCC(Nc1ccc(C)c(Cl)c1)c1ccccc1OC. The third kappa shape index (κ3) is 3.26. The summed E-state index contributed by atoms with van der Waals surface area (Å²) in [6, 6.07) is 14.3. The van der Waals surface area contributed by atoms with Crippen molar-refractivity contribution in [3.63, 3.8) is 0 Å². The molecule has 0 aromatic heterocycles. The van der Waals surface area contributed by atoms with Gasteiger partial charge < -0.3 is 10.1 Å². The van der Waals surface area contributed by atoms with Crippen LogP contribution in [0.3, 0.4) is 0 Å². The molecule has 0 fully saturated rings. The lowest BCUT2D eigenvalue weighted by Crippen LogP contribution is -2.11. The minimum Gasteiger partial charge on any atom is -0.496 e. The van der Waals surface area contributed by atoms with E-state index in [9.17, 15) is 0 Å². The van der Waals surface area contributed by atoms with Gasteiger partial charge in [0, 0.05) is 16.3 Å². The molecule has 0 heterocycles. The molecule has 1 atom stereocenters. The second-order valence-electron chi connectivity index (χ2n) is 4.81. The average Bonchev–Trinajstić information content (AvgIpc) is 2.48. The molecule has 0 bridgehead atoms. The van der Waals surface area contributed by atoms with Gasteiger partial charge in [0.2, 0.25) is 0 Å². The molecule has 1 N–H and O–H groups in total. The molecule has 0 saturated carbocycles. The lowest BCUT2D eigenvalue weighted by Gasteiger charge is -2.21. The summed E-state index contributed by atoms with van der Waals surface area (Å²) in [6.07, 6.45) is 0.964. The van der Waals surface area contributed by atoms with E-state index in [0.29, 0.717) is 0 Å². The van der Waals surface area contributed by atoms with Gasteiger partial charge in [0.25, 0.3) is 0 Å². The Labute approximate surface area is 125 Å². The van der Waals surface area contributed by atoms with Crippen LogP contribution >= 0.6 is 11.6 Å². The zero-order valence-corrected chi connectivity index (χ0v) is 12.9. The molecule has 106 valence electrons. The van der Waals surface area contributed by atoms with Gasteiger partial charge in [-0.3, -0.25) is 0 Å². The van der Waals surface area contributed by atoms with Gasteiger partial charge in [0.05, 0.1) is 13.2 Å². The normalized spacial score (nSPS) is 12.0. The van der Waals surface area contributed by atoms with E-state index < -0.39 is 0 Å². The van der Waals surface area contributed by atoms with Gasteiger partial charge in [-0.1, -0.05) is 42.8 Å². The van der Waals surface area contributed by atoms with Crippen molar-refractivity contribution in [1.29, 1.82) is 0 Å². The zero-order valence-electron chi connectivity index (χ0n) is 12.1. The number of anilines is 1. The summed E-state index contributed by atoms with van der Waals surface area (Å²) in [4.78, 5) is 0. The maximum atomic E-state index is 6.18. The van der Waals surface area contributed by atoms with Crippen molar-refractivity contribution in [2.45, 2.75) is 26.3 Å². The highest BCUT2D eigenvalue weighted by Crippen LogP contribution is 2.31. The summed E-state index contributed by atoms with van der Waals surface area (Å²) in [5, 5.41) is 4.31. The van der Waals surface area contributed by atoms with E-state index in [1.807, 2.05) is 37.3 Å². The number of rotatable bonds is 5. The van der Waals surface area contributed by atoms with Crippen LogP contribution in [0.4, 0.5) is 5.69 Å². The molecule has 0 saturated heterocycles. The number of hydrogen-bond donors (Lipinski definition) is 1. The number of methoxy groups -OCH3 is 1. The van der Waals surface area contributed by atoms with Crippen LogP contribution in [0.25, 0.3) is 0 Å². The highest BCUT2D eigenvalue weighted by Gasteiger charge is 2.14. The van der Waals surface area contributed by atoms with Crippen molar-refractivity contribution in [1.82, 2.24) is 0 Å². The second-order valence-corrected chi connectivity index (χ2v) is 5.22. The Morgan fingerprint density at radius 2 is 1.95 bits per heavy atom. The lowest BCUT2D eigenvalue weighted by molar-refractivity contribution is 0.406. The van der Waals surface area contributed by atoms with E-state index in [0.717, 1.165) is 34.0 Å². The molecule has 0 radical (unpaired) electrons. The van der Waals surface area contributed by atoms with Gasteiger partial charge in [-0.2, -0.15) is 0 Å². The number of halogens is 1. The minimum atomic E-state index is 0.199. The van der Waals surface area contributed by atoms with E-state index in [-0.39, 0.29) is 6.04 Å². The molecular weight excluding hydrogens is 270 g/mol. The summed E-state index contributed by atoms with van der Waals surface area (Å²) in [5.74, 6) is 0.907. The number of ether oxygens (including phenoxy) is 1. The third-order valence-corrected chi connectivity index (χ3v) is 3.84. The Bertz CT molecular complexity index is 583. The van der Waals surface area contributed by atoms with Gasteiger partial charge in [0.15, 0.2) is 0 Å². The first-order valence-corrected chi connectivity index (χ1v) is 7.19. The van der Waals surface area contributed by atoms with E-state index in [1.165, 1.54) is 0 Å². The molecule has 2 nitrogen and oxygen atoms in total. The van der Waals surface area contributed by atoms with Crippen molar-refractivity contribution in [2.24, 2.45) is 0 Å². The van der Waals surface area contributed by atoms with Crippen molar-refractivity contribution in [3.05, 3.63) is 58.6 Å². The Hall–Kier alpha value is -1.67. The second kappa shape index (κ2) is 6.67. The molecule has 2 aromatic carbocycles. The van der Waals surface area contributed by atoms with Crippen molar-refractivity contribution in [3.8, 4) is 5.75 Å². The van der Waals surface area contributed by atoms with Crippen LogP contribution in [-0.2, 0) is 0 Å².